The quantitative estimate of drug-likeness (QED) is 0.324. The van der Waals surface area contributed by atoms with Crippen LogP contribution in [0.2, 0.25) is 0 Å². The lowest BCUT2D eigenvalue weighted by atomic mass is 10.2. The third-order valence-electron chi connectivity index (χ3n) is 5.69. The van der Waals surface area contributed by atoms with Gasteiger partial charge in [-0.2, -0.15) is 4.98 Å². The summed E-state index contributed by atoms with van der Waals surface area (Å²) >= 11 is 0. The Balaban J connectivity index is 1.17. The van der Waals surface area contributed by atoms with Crippen LogP contribution >= 0.6 is 0 Å². The third kappa shape index (κ3) is 6.49. The Kier molecular flexibility index (Phi) is 7.55. The molecule has 0 unspecified atom stereocenters. The van der Waals surface area contributed by atoms with Gasteiger partial charge in [0.25, 0.3) is 0 Å². The molecule has 0 amide bonds. The van der Waals surface area contributed by atoms with E-state index < -0.39 is 0 Å². The van der Waals surface area contributed by atoms with Crippen molar-refractivity contribution in [2.75, 3.05) is 55.3 Å². The molecular weight excluding hydrogens is 454 g/mol. The van der Waals surface area contributed by atoms with Crippen LogP contribution in [-0.4, -0.2) is 69.2 Å². The third-order valence-corrected chi connectivity index (χ3v) is 5.69. The monoisotopic (exact) mass is 483 g/mol. The second-order valence-electron chi connectivity index (χ2n) is 8.40. The van der Waals surface area contributed by atoms with Crippen LogP contribution in [0.4, 0.5) is 29.0 Å². The summed E-state index contributed by atoms with van der Waals surface area (Å²) in [5.41, 5.74) is 3.62. The molecule has 0 spiro atoms. The predicted octanol–water partition coefficient (Wildman–Crippen LogP) is 3.87. The van der Waals surface area contributed by atoms with Gasteiger partial charge in [-0.3, -0.25) is 4.90 Å². The summed E-state index contributed by atoms with van der Waals surface area (Å²) in [6, 6.07) is 17.5. The van der Waals surface area contributed by atoms with Gasteiger partial charge in [0.2, 0.25) is 5.95 Å². The fraction of sp³-hybridized carbons (Fsp3) is 0.269. The van der Waals surface area contributed by atoms with Crippen LogP contribution in [0.25, 0.3) is 11.5 Å². The number of rotatable bonds is 9. The van der Waals surface area contributed by atoms with Gasteiger partial charge < -0.3 is 20.7 Å². The predicted molar refractivity (Wildman–Crippen MR) is 141 cm³/mol. The molecule has 0 saturated carbocycles. The van der Waals surface area contributed by atoms with E-state index >= 15 is 0 Å². The first-order valence-electron chi connectivity index (χ1n) is 12.0. The molecule has 10 heteroatoms. The number of aryl methyl sites for hydroxylation is 1. The van der Waals surface area contributed by atoms with Crippen LogP contribution < -0.4 is 16.0 Å². The zero-order valence-corrected chi connectivity index (χ0v) is 20.2. The maximum Gasteiger partial charge on any atom is 0.229 e. The molecule has 0 bridgehead atoms. The molecule has 184 valence electrons. The average Bonchev–Trinajstić information content (AvgIpc) is 2.91. The van der Waals surface area contributed by atoms with Crippen molar-refractivity contribution in [3.05, 3.63) is 72.7 Å². The van der Waals surface area contributed by atoms with E-state index in [2.05, 4.69) is 45.8 Å². The molecule has 0 radical (unpaired) electrons. The number of pyridine rings is 1. The average molecular weight is 484 g/mol. The number of hydrogen-bond donors (Lipinski definition) is 3. The number of nitrogens with one attached hydrogen (secondary N) is 3. The van der Waals surface area contributed by atoms with E-state index in [1.807, 2.05) is 49.4 Å². The smallest absolute Gasteiger partial charge is 0.229 e. The maximum atomic E-state index is 5.40. The number of ether oxygens (including phenoxy) is 1. The van der Waals surface area contributed by atoms with Crippen molar-refractivity contribution in [2.45, 2.75) is 6.92 Å². The molecule has 1 aromatic carbocycles. The highest BCUT2D eigenvalue weighted by molar-refractivity contribution is 5.61. The first kappa shape index (κ1) is 23.6. The molecule has 1 fully saturated rings. The Morgan fingerprint density at radius 3 is 2.36 bits per heavy atom. The van der Waals surface area contributed by atoms with Crippen molar-refractivity contribution in [3.63, 3.8) is 0 Å². The summed E-state index contributed by atoms with van der Waals surface area (Å²) in [5.74, 6) is 2.29. The minimum absolute atomic E-state index is 0.489. The second-order valence-corrected chi connectivity index (χ2v) is 8.40. The van der Waals surface area contributed by atoms with Gasteiger partial charge in [0.15, 0.2) is 5.82 Å². The largest absolute Gasteiger partial charge is 0.384 e. The topological polar surface area (TPSA) is 113 Å². The van der Waals surface area contributed by atoms with Gasteiger partial charge in [-0.1, -0.05) is 6.07 Å². The van der Waals surface area contributed by atoms with Gasteiger partial charge >= 0.3 is 0 Å². The van der Waals surface area contributed by atoms with Crippen molar-refractivity contribution in [1.29, 1.82) is 0 Å². The number of morpholine rings is 1. The minimum Gasteiger partial charge on any atom is -0.384 e. The first-order chi connectivity index (χ1) is 17.7. The summed E-state index contributed by atoms with van der Waals surface area (Å²) in [6.07, 6.45) is 3.40. The van der Waals surface area contributed by atoms with Gasteiger partial charge in [-0.15, -0.1) is 0 Å². The van der Waals surface area contributed by atoms with E-state index in [9.17, 15) is 0 Å². The molecule has 1 aliphatic heterocycles. The van der Waals surface area contributed by atoms with Crippen molar-refractivity contribution < 1.29 is 4.74 Å². The summed E-state index contributed by atoms with van der Waals surface area (Å²) in [6.45, 7) is 7.49. The van der Waals surface area contributed by atoms with Gasteiger partial charge in [0.05, 0.1) is 13.2 Å². The lowest BCUT2D eigenvalue weighted by molar-refractivity contribution is 0.0398. The van der Waals surface area contributed by atoms with Crippen molar-refractivity contribution in [3.8, 4) is 11.5 Å². The second kappa shape index (κ2) is 11.5. The molecule has 1 aliphatic rings. The summed E-state index contributed by atoms with van der Waals surface area (Å²) in [4.78, 5) is 24.7. The number of hydrogen-bond acceptors (Lipinski definition) is 10. The van der Waals surface area contributed by atoms with E-state index in [1.54, 1.807) is 24.5 Å². The Morgan fingerprint density at radius 2 is 1.56 bits per heavy atom. The van der Waals surface area contributed by atoms with E-state index in [-0.39, 0.29) is 0 Å². The SMILES string of the molecule is Cc1cccc(-c2nccc(Nc3ccnc(Nc4ccc(NCCN5CCOCC5)cc4)n3)n2)n1. The summed E-state index contributed by atoms with van der Waals surface area (Å²) in [7, 11) is 0. The van der Waals surface area contributed by atoms with Gasteiger partial charge in [-0.05, 0) is 55.5 Å². The molecule has 3 N–H and O–H groups in total. The highest BCUT2D eigenvalue weighted by Crippen LogP contribution is 2.20. The van der Waals surface area contributed by atoms with Gasteiger partial charge in [0.1, 0.15) is 17.3 Å². The van der Waals surface area contributed by atoms with Crippen LogP contribution in [-0.2, 0) is 4.74 Å². The van der Waals surface area contributed by atoms with E-state index in [1.165, 1.54) is 0 Å². The first-order valence-corrected chi connectivity index (χ1v) is 12.0. The molecule has 0 aliphatic carbocycles. The Labute approximate surface area is 210 Å². The number of aromatic nitrogens is 5. The fourth-order valence-corrected chi connectivity index (χ4v) is 3.82. The lowest BCUT2D eigenvalue weighted by Crippen LogP contribution is -2.38. The minimum atomic E-state index is 0.489. The van der Waals surface area contributed by atoms with Crippen LogP contribution in [0.5, 0.6) is 0 Å². The zero-order valence-electron chi connectivity index (χ0n) is 20.2. The molecule has 4 heterocycles. The highest BCUT2D eigenvalue weighted by Gasteiger charge is 2.09. The van der Waals surface area contributed by atoms with Gasteiger partial charge in [-0.25, -0.2) is 19.9 Å². The molecule has 1 saturated heterocycles. The number of benzene rings is 1. The van der Waals surface area contributed by atoms with Crippen LogP contribution in [0, 0.1) is 6.92 Å². The molecule has 3 aromatic heterocycles. The maximum absolute atomic E-state index is 5.40. The molecule has 5 rings (SSSR count). The summed E-state index contributed by atoms with van der Waals surface area (Å²) < 4.78 is 5.40. The van der Waals surface area contributed by atoms with E-state index in [0.717, 1.165) is 62.2 Å². The van der Waals surface area contributed by atoms with E-state index in [4.69, 9.17) is 4.74 Å². The molecule has 0 atom stereocenters. The van der Waals surface area contributed by atoms with E-state index in [0.29, 0.717) is 23.4 Å². The van der Waals surface area contributed by atoms with Crippen molar-refractivity contribution in [1.82, 2.24) is 29.8 Å². The Hall–Kier alpha value is -4.15. The zero-order chi connectivity index (χ0) is 24.6. The van der Waals surface area contributed by atoms with Gasteiger partial charge in [0, 0.05) is 55.6 Å². The fourth-order valence-electron chi connectivity index (χ4n) is 3.82. The van der Waals surface area contributed by atoms with Crippen LogP contribution in [0.15, 0.2) is 67.0 Å². The highest BCUT2D eigenvalue weighted by atomic mass is 16.5. The Bertz CT molecular complexity index is 1280. The van der Waals surface area contributed by atoms with Crippen LogP contribution in [0.3, 0.4) is 0 Å². The molecule has 10 nitrogen and oxygen atoms in total. The number of anilines is 5. The molecular formula is C26H29N9O. The standard InChI is InChI=1S/C26H29N9O/c1-19-3-2-4-22(30-19)25-28-11-9-23(33-25)32-24-10-12-29-26(34-24)31-21-7-5-20(6-8-21)27-13-14-35-15-17-36-18-16-35/h2-12,27H,13-18H2,1H3,(H2,28,29,31,32,33,34). The normalized spacial score (nSPS) is 13.8. The van der Waals surface area contributed by atoms with Crippen molar-refractivity contribution >= 4 is 29.0 Å². The number of nitrogens with zero attached hydrogens (tertiary/aromatic N) is 6. The van der Waals surface area contributed by atoms with Crippen molar-refractivity contribution in [2.24, 2.45) is 0 Å². The lowest BCUT2D eigenvalue weighted by Gasteiger charge is -2.26. The summed E-state index contributed by atoms with van der Waals surface area (Å²) in [5, 5.41) is 9.95. The van der Waals surface area contributed by atoms with Crippen LogP contribution in [0.1, 0.15) is 5.69 Å². The molecule has 36 heavy (non-hydrogen) atoms. The molecule has 4 aromatic rings. The Morgan fingerprint density at radius 1 is 0.806 bits per heavy atom.